The molecular formula is C11H14O3Si. The lowest BCUT2D eigenvalue weighted by Crippen LogP contribution is -2.47. The first-order valence-electron chi connectivity index (χ1n) is 4.54. The summed E-state index contributed by atoms with van der Waals surface area (Å²) < 4.78 is 10.4. The number of carbonyl (C=O) groups is 1. The maximum atomic E-state index is 12.1. The Hall–Kier alpha value is -1.23. The molecule has 0 bridgehead atoms. The second-order valence-electron chi connectivity index (χ2n) is 2.98. The van der Waals surface area contributed by atoms with Crippen molar-refractivity contribution in [3.63, 3.8) is 0 Å². The van der Waals surface area contributed by atoms with Crippen molar-refractivity contribution in [2.75, 3.05) is 14.2 Å². The predicted molar refractivity (Wildman–Crippen MR) is 60.7 cm³/mol. The fraction of sp³-hybridized carbons (Fsp3) is 0.182. The lowest BCUT2D eigenvalue weighted by molar-refractivity contribution is 0.0991. The molecule has 1 aromatic rings. The van der Waals surface area contributed by atoms with Gasteiger partial charge < -0.3 is 8.85 Å². The van der Waals surface area contributed by atoms with Crippen LogP contribution < -0.4 is 0 Å². The summed E-state index contributed by atoms with van der Waals surface area (Å²) in [5.74, 6) is 0. The van der Waals surface area contributed by atoms with Crippen LogP contribution in [0.2, 0.25) is 0 Å². The zero-order valence-electron chi connectivity index (χ0n) is 8.90. The summed E-state index contributed by atoms with van der Waals surface area (Å²) in [6, 6.07) is 8.95. The van der Waals surface area contributed by atoms with Crippen molar-refractivity contribution in [2.24, 2.45) is 0 Å². The van der Waals surface area contributed by atoms with Crippen molar-refractivity contribution in [1.29, 1.82) is 0 Å². The summed E-state index contributed by atoms with van der Waals surface area (Å²) >= 11 is 0. The highest BCUT2D eigenvalue weighted by atomic mass is 28.4. The quantitative estimate of drug-likeness (QED) is 0.713. The molecule has 0 aliphatic heterocycles. The van der Waals surface area contributed by atoms with Crippen LogP contribution in [-0.2, 0) is 8.85 Å². The minimum atomic E-state index is -2.94. The van der Waals surface area contributed by atoms with Gasteiger partial charge in [0.05, 0.1) is 0 Å². The van der Waals surface area contributed by atoms with Gasteiger partial charge in [-0.2, -0.15) is 0 Å². The normalized spacial score (nSPS) is 11.1. The van der Waals surface area contributed by atoms with E-state index in [-0.39, 0.29) is 5.41 Å². The summed E-state index contributed by atoms with van der Waals surface area (Å²) in [5.41, 5.74) is 2.08. The summed E-state index contributed by atoms with van der Waals surface area (Å²) in [5, 5.41) is -0.122. The van der Waals surface area contributed by atoms with E-state index >= 15 is 0 Å². The van der Waals surface area contributed by atoms with E-state index in [1.165, 1.54) is 19.9 Å². The fourth-order valence-corrected chi connectivity index (χ4v) is 2.94. The molecule has 0 aromatic heterocycles. The molecule has 4 heteroatoms. The van der Waals surface area contributed by atoms with Crippen LogP contribution >= 0.6 is 0 Å². The molecule has 0 radical (unpaired) electrons. The Kier molecular flexibility index (Phi) is 3.96. The van der Waals surface area contributed by atoms with Gasteiger partial charge in [0.15, 0.2) is 0 Å². The first kappa shape index (κ1) is 11.8. The standard InChI is InChI=1S/C11H14O3Si/c1-4-15(13-2,14-3)11(12)10-8-6-5-7-9-10/h4-9H,1H2,2-3H3. The maximum absolute atomic E-state index is 12.1. The lowest BCUT2D eigenvalue weighted by Gasteiger charge is -2.21. The minimum absolute atomic E-state index is 0.122. The van der Waals surface area contributed by atoms with Crippen LogP contribution in [0.1, 0.15) is 10.4 Å². The second kappa shape index (κ2) is 5.02. The molecule has 0 atom stereocenters. The van der Waals surface area contributed by atoms with E-state index in [0.29, 0.717) is 5.56 Å². The second-order valence-corrected chi connectivity index (χ2v) is 5.99. The molecule has 0 heterocycles. The van der Waals surface area contributed by atoms with Crippen LogP contribution in [0.15, 0.2) is 42.6 Å². The Morgan fingerprint density at radius 2 is 1.80 bits per heavy atom. The molecule has 1 rings (SSSR count). The highest BCUT2D eigenvalue weighted by Gasteiger charge is 2.42. The zero-order valence-corrected chi connectivity index (χ0v) is 9.90. The van der Waals surface area contributed by atoms with E-state index in [1.807, 2.05) is 6.07 Å². The molecule has 1 aromatic carbocycles. The third-order valence-electron chi connectivity index (χ3n) is 2.23. The van der Waals surface area contributed by atoms with Crippen molar-refractivity contribution in [2.45, 2.75) is 0 Å². The van der Waals surface area contributed by atoms with Crippen LogP contribution in [0.4, 0.5) is 0 Å². The van der Waals surface area contributed by atoms with Crippen LogP contribution in [0, 0.1) is 0 Å². The van der Waals surface area contributed by atoms with Gasteiger partial charge in [-0.15, -0.1) is 6.58 Å². The number of rotatable bonds is 5. The van der Waals surface area contributed by atoms with Crippen LogP contribution in [-0.4, -0.2) is 28.2 Å². The van der Waals surface area contributed by atoms with E-state index in [9.17, 15) is 4.79 Å². The van der Waals surface area contributed by atoms with Crippen LogP contribution in [0.3, 0.4) is 0 Å². The largest absolute Gasteiger partial charge is 0.441 e. The van der Waals surface area contributed by atoms with Gasteiger partial charge in [0, 0.05) is 19.8 Å². The summed E-state index contributed by atoms with van der Waals surface area (Å²) in [6.45, 7) is 3.61. The Balaban J connectivity index is 3.07. The van der Waals surface area contributed by atoms with Crippen LogP contribution in [0.25, 0.3) is 0 Å². The number of hydrogen-bond acceptors (Lipinski definition) is 3. The van der Waals surface area contributed by atoms with E-state index in [1.54, 1.807) is 24.3 Å². The van der Waals surface area contributed by atoms with Crippen molar-refractivity contribution in [3.05, 3.63) is 48.2 Å². The van der Waals surface area contributed by atoms with Gasteiger partial charge in [-0.1, -0.05) is 30.3 Å². The highest BCUT2D eigenvalue weighted by molar-refractivity contribution is 7.02. The Morgan fingerprint density at radius 3 is 2.20 bits per heavy atom. The molecule has 3 nitrogen and oxygen atoms in total. The van der Waals surface area contributed by atoms with Gasteiger partial charge >= 0.3 is 8.56 Å². The molecule has 80 valence electrons. The summed E-state index contributed by atoms with van der Waals surface area (Å²) in [6.07, 6.45) is 0. The third-order valence-corrected chi connectivity index (χ3v) is 4.90. The Labute approximate surface area is 90.6 Å². The molecule has 0 N–H and O–H groups in total. The predicted octanol–water partition coefficient (Wildman–Crippen LogP) is 1.87. The van der Waals surface area contributed by atoms with Gasteiger partial charge in [-0.25, -0.2) is 0 Å². The van der Waals surface area contributed by atoms with Crippen molar-refractivity contribution in [3.8, 4) is 0 Å². The fourth-order valence-electron chi connectivity index (χ4n) is 1.32. The maximum Gasteiger partial charge on any atom is 0.441 e. The summed E-state index contributed by atoms with van der Waals surface area (Å²) in [7, 11) is 0.00434. The van der Waals surface area contributed by atoms with Crippen molar-refractivity contribution in [1.82, 2.24) is 0 Å². The zero-order chi connectivity index (χ0) is 11.3. The van der Waals surface area contributed by atoms with E-state index in [0.717, 1.165) is 0 Å². The lowest BCUT2D eigenvalue weighted by atomic mass is 10.2. The topological polar surface area (TPSA) is 35.5 Å². The minimum Gasteiger partial charge on any atom is -0.390 e. The number of carbonyl (C=O) groups excluding carboxylic acids is 1. The molecule has 0 saturated heterocycles. The average molecular weight is 222 g/mol. The molecule has 0 unspecified atom stereocenters. The van der Waals surface area contributed by atoms with E-state index in [4.69, 9.17) is 8.85 Å². The van der Waals surface area contributed by atoms with E-state index < -0.39 is 8.56 Å². The van der Waals surface area contributed by atoms with Gasteiger partial charge in [-0.05, 0) is 5.70 Å². The average Bonchev–Trinajstić information content (AvgIpc) is 2.33. The number of hydrogen-bond donors (Lipinski definition) is 0. The Morgan fingerprint density at radius 1 is 1.27 bits per heavy atom. The first-order valence-corrected chi connectivity index (χ1v) is 6.43. The third kappa shape index (κ3) is 2.23. The molecule has 0 aliphatic rings. The van der Waals surface area contributed by atoms with Crippen LogP contribution in [0.5, 0.6) is 0 Å². The molecule has 0 spiro atoms. The van der Waals surface area contributed by atoms with Crippen molar-refractivity contribution >= 4 is 14.0 Å². The highest BCUT2D eigenvalue weighted by Crippen LogP contribution is 2.14. The molecule has 15 heavy (non-hydrogen) atoms. The monoisotopic (exact) mass is 222 g/mol. The molecule has 0 fully saturated rings. The SMILES string of the molecule is C=C[Si](OC)(OC)C(=O)c1ccccc1. The molecular weight excluding hydrogens is 208 g/mol. The molecule has 0 amide bonds. The first-order chi connectivity index (χ1) is 7.20. The van der Waals surface area contributed by atoms with E-state index in [2.05, 4.69) is 6.58 Å². The number of benzene rings is 1. The van der Waals surface area contributed by atoms with Gasteiger partial charge in [0.1, 0.15) is 0 Å². The molecule has 0 saturated carbocycles. The molecule has 0 aliphatic carbocycles. The van der Waals surface area contributed by atoms with Gasteiger partial charge in [0.25, 0.3) is 0 Å². The summed E-state index contributed by atoms with van der Waals surface area (Å²) in [4.78, 5) is 12.1. The smallest absolute Gasteiger partial charge is 0.390 e. The van der Waals surface area contributed by atoms with Gasteiger partial charge in [-0.3, -0.25) is 4.79 Å². The van der Waals surface area contributed by atoms with Crippen molar-refractivity contribution < 1.29 is 13.6 Å². The van der Waals surface area contributed by atoms with Gasteiger partial charge in [0.2, 0.25) is 5.41 Å². The Bertz CT molecular complexity index is 344.